The lowest BCUT2D eigenvalue weighted by molar-refractivity contribution is 0.0915. The molecular formula is C10H18N2O2. The molecule has 1 aliphatic heterocycles. The van der Waals surface area contributed by atoms with Gasteiger partial charge in [-0.3, -0.25) is 0 Å². The van der Waals surface area contributed by atoms with Crippen molar-refractivity contribution in [2.75, 3.05) is 13.1 Å². The number of carboxylic acid groups (broad SMARTS) is 1. The molecule has 1 saturated carbocycles. The largest absolute Gasteiger partial charge is 0.465 e. The van der Waals surface area contributed by atoms with E-state index >= 15 is 0 Å². The number of hydrogen-bond acceptors (Lipinski definition) is 2. The minimum Gasteiger partial charge on any atom is -0.465 e. The molecule has 0 aromatic heterocycles. The van der Waals surface area contributed by atoms with Gasteiger partial charge >= 0.3 is 6.09 Å². The number of nitrogens with one attached hydrogen (secondary N) is 1. The first-order valence-corrected chi connectivity index (χ1v) is 5.49. The summed E-state index contributed by atoms with van der Waals surface area (Å²) >= 11 is 0. The van der Waals surface area contributed by atoms with Gasteiger partial charge in [-0.2, -0.15) is 0 Å². The fourth-order valence-electron chi connectivity index (χ4n) is 2.34. The van der Waals surface area contributed by atoms with Crippen molar-refractivity contribution in [1.29, 1.82) is 0 Å². The smallest absolute Gasteiger partial charge is 0.404 e. The monoisotopic (exact) mass is 198 g/mol. The van der Waals surface area contributed by atoms with E-state index in [0.29, 0.717) is 0 Å². The molecule has 1 aliphatic carbocycles. The van der Waals surface area contributed by atoms with Crippen LogP contribution in [0.2, 0.25) is 0 Å². The van der Waals surface area contributed by atoms with Crippen molar-refractivity contribution in [3.05, 3.63) is 0 Å². The van der Waals surface area contributed by atoms with Crippen molar-refractivity contribution >= 4 is 6.09 Å². The zero-order valence-corrected chi connectivity index (χ0v) is 8.41. The number of carbonyl (C=O) groups is 1. The molecule has 0 aromatic carbocycles. The van der Waals surface area contributed by atoms with Crippen LogP contribution in [0, 0.1) is 0 Å². The van der Waals surface area contributed by atoms with E-state index in [1.54, 1.807) is 0 Å². The lowest BCUT2D eigenvalue weighted by atomic mass is 9.89. The first-order valence-electron chi connectivity index (χ1n) is 5.49. The molecular weight excluding hydrogens is 180 g/mol. The standard InChI is InChI=1S/C10H18N2O2/c13-10(14)11-8-4-6-12(7-5-8)9-2-1-3-9/h8-9,11H,1-7H2,(H,13,14). The van der Waals surface area contributed by atoms with Crippen LogP contribution >= 0.6 is 0 Å². The van der Waals surface area contributed by atoms with Crippen LogP contribution < -0.4 is 5.32 Å². The number of hydrogen-bond donors (Lipinski definition) is 2. The summed E-state index contributed by atoms with van der Waals surface area (Å²) in [4.78, 5) is 12.9. The van der Waals surface area contributed by atoms with Crippen molar-refractivity contribution in [2.24, 2.45) is 0 Å². The van der Waals surface area contributed by atoms with Gasteiger partial charge in [0.2, 0.25) is 0 Å². The van der Waals surface area contributed by atoms with Gasteiger partial charge in [-0.05, 0) is 25.7 Å². The number of rotatable bonds is 2. The molecule has 2 N–H and O–H groups in total. The zero-order valence-electron chi connectivity index (χ0n) is 8.41. The average molecular weight is 198 g/mol. The average Bonchev–Trinajstić information content (AvgIpc) is 2.04. The highest BCUT2D eigenvalue weighted by Crippen LogP contribution is 2.27. The molecule has 1 saturated heterocycles. The first kappa shape index (κ1) is 9.77. The van der Waals surface area contributed by atoms with Gasteiger partial charge in [0.15, 0.2) is 0 Å². The summed E-state index contributed by atoms with van der Waals surface area (Å²) in [5, 5.41) is 11.1. The molecule has 4 nitrogen and oxygen atoms in total. The predicted octanol–water partition coefficient (Wildman–Crippen LogP) is 1.27. The lowest BCUT2D eigenvalue weighted by Gasteiger charge is -2.41. The van der Waals surface area contributed by atoms with Crippen molar-refractivity contribution in [3.8, 4) is 0 Å². The van der Waals surface area contributed by atoms with Gasteiger partial charge < -0.3 is 15.3 Å². The molecule has 4 heteroatoms. The fourth-order valence-corrected chi connectivity index (χ4v) is 2.34. The van der Waals surface area contributed by atoms with Crippen LogP contribution in [-0.2, 0) is 0 Å². The molecule has 0 aromatic rings. The maximum Gasteiger partial charge on any atom is 0.404 e. The molecule has 0 radical (unpaired) electrons. The normalized spacial score (nSPS) is 25.7. The highest BCUT2D eigenvalue weighted by atomic mass is 16.4. The Hall–Kier alpha value is -0.770. The maximum atomic E-state index is 10.4. The van der Waals surface area contributed by atoms with Crippen LogP contribution in [0.15, 0.2) is 0 Å². The third kappa shape index (κ3) is 2.18. The van der Waals surface area contributed by atoms with E-state index in [-0.39, 0.29) is 6.04 Å². The minimum absolute atomic E-state index is 0.184. The van der Waals surface area contributed by atoms with Crippen LogP contribution in [0.25, 0.3) is 0 Å². The Morgan fingerprint density at radius 2 is 1.86 bits per heavy atom. The van der Waals surface area contributed by atoms with E-state index in [9.17, 15) is 4.79 Å². The Kier molecular flexibility index (Phi) is 2.91. The topological polar surface area (TPSA) is 52.6 Å². The summed E-state index contributed by atoms with van der Waals surface area (Å²) in [5.74, 6) is 0. The molecule has 2 fully saturated rings. The number of nitrogens with zero attached hydrogens (tertiary/aromatic N) is 1. The Bertz CT molecular complexity index is 208. The number of likely N-dealkylation sites (tertiary alicyclic amines) is 1. The molecule has 0 spiro atoms. The zero-order chi connectivity index (χ0) is 9.97. The van der Waals surface area contributed by atoms with Crippen LogP contribution in [0.4, 0.5) is 4.79 Å². The van der Waals surface area contributed by atoms with E-state index in [0.717, 1.165) is 32.0 Å². The molecule has 0 bridgehead atoms. The highest BCUT2D eigenvalue weighted by molar-refractivity contribution is 5.64. The molecule has 14 heavy (non-hydrogen) atoms. The Morgan fingerprint density at radius 1 is 1.21 bits per heavy atom. The summed E-state index contributed by atoms with van der Waals surface area (Å²) in [6.45, 7) is 2.13. The third-order valence-electron chi connectivity index (χ3n) is 3.45. The van der Waals surface area contributed by atoms with Gasteiger partial charge in [0.05, 0.1) is 0 Å². The second kappa shape index (κ2) is 4.17. The minimum atomic E-state index is -0.882. The second-order valence-electron chi connectivity index (χ2n) is 4.34. The van der Waals surface area contributed by atoms with E-state index in [4.69, 9.17) is 5.11 Å². The van der Waals surface area contributed by atoms with E-state index in [2.05, 4.69) is 10.2 Å². The SMILES string of the molecule is O=C(O)NC1CCN(C2CCC2)CC1. The first-order chi connectivity index (χ1) is 6.75. The highest BCUT2D eigenvalue weighted by Gasteiger charge is 2.28. The summed E-state index contributed by atoms with van der Waals surface area (Å²) < 4.78 is 0. The van der Waals surface area contributed by atoms with Crippen LogP contribution in [0.1, 0.15) is 32.1 Å². The van der Waals surface area contributed by atoms with Crippen molar-refractivity contribution in [3.63, 3.8) is 0 Å². The Balaban J connectivity index is 1.71. The Morgan fingerprint density at radius 3 is 2.29 bits per heavy atom. The molecule has 80 valence electrons. The molecule has 2 aliphatic rings. The fraction of sp³-hybridized carbons (Fsp3) is 0.900. The van der Waals surface area contributed by atoms with Crippen molar-refractivity contribution in [1.82, 2.24) is 10.2 Å². The molecule has 0 unspecified atom stereocenters. The van der Waals surface area contributed by atoms with Crippen LogP contribution in [0.5, 0.6) is 0 Å². The lowest BCUT2D eigenvalue weighted by Crippen LogP contribution is -2.49. The van der Waals surface area contributed by atoms with Gasteiger partial charge in [0.1, 0.15) is 0 Å². The second-order valence-corrected chi connectivity index (χ2v) is 4.34. The number of amides is 1. The molecule has 0 atom stereocenters. The quantitative estimate of drug-likeness (QED) is 0.702. The maximum absolute atomic E-state index is 10.4. The summed E-state index contributed by atoms with van der Waals surface area (Å²) in [5.41, 5.74) is 0. The third-order valence-corrected chi connectivity index (χ3v) is 3.45. The van der Waals surface area contributed by atoms with E-state index < -0.39 is 6.09 Å². The van der Waals surface area contributed by atoms with E-state index in [1.807, 2.05) is 0 Å². The molecule has 2 rings (SSSR count). The van der Waals surface area contributed by atoms with Gasteiger partial charge in [-0.15, -0.1) is 0 Å². The summed E-state index contributed by atoms with van der Waals surface area (Å²) in [6.07, 6.45) is 5.13. The number of piperidine rings is 1. The molecule has 1 amide bonds. The van der Waals surface area contributed by atoms with Gasteiger partial charge in [0.25, 0.3) is 0 Å². The van der Waals surface area contributed by atoms with Crippen molar-refractivity contribution < 1.29 is 9.90 Å². The summed E-state index contributed by atoms with van der Waals surface area (Å²) in [6, 6.07) is 0.990. The van der Waals surface area contributed by atoms with Crippen molar-refractivity contribution in [2.45, 2.75) is 44.2 Å². The van der Waals surface area contributed by atoms with E-state index in [1.165, 1.54) is 19.3 Å². The Labute approximate surface area is 84.3 Å². The summed E-state index contributed by atoms with van der Waals surface area (Å²) in [7, 11) is 0. The van der Waals surface area contributed by atoms with Gasteiger partial charge in [0, 0.05) is 25.2 Å². The predicted molar refractivity (Wildman–Crippen MR) is 53.4 cm³/mol. The molecule has 1 heterocycles. The van der Waals surface area contributed by atoms with Gasteiger partial charge in [-0.25, -0.2) is 4.79 Å². The van der Waals surface area contributed by atoms with Crippen LogP contribution in [0.3, 0.4) is 0 Å². The van der Waals surface area contributed by atoms with Gasteiger partial charge in [-0.1, -0.05) is 6.42 Å². The van der Waals surface area contributed by atoms with Crippen LogP contribution in [-0.4, -0.2) is 41.3 Å².